The lowest BCUT2D eigenvalue weighted by molar-refractivity contribution is -0.116. The van der Waals surface area contributed by atoms with Crippen molar-refractivity contribution in [2.75, 3.05) is 5.75 Å². The van der Waals surface area contributed by atoms with Crippen LogP contribution in [0.1, 0.15) is 30.0 Å². The smallest absolute Gasteiger partial charge is 0.169 e. The van der Waals surface area contributed by atoms with E-state index in [0.29, 0.717) is 10.0 Å². The number of halogens is 1. The molecule has 0 radical (unpaired) electrons. The molecule has 2 aromatic heterocycles. The summed E-state index contributed by atoms with van der Waals surface area (Å²) in [5, 5.41) is 13.2. The largest absolute Gasteiger partial charge is 0.319 e. The minimum Gasteiger partial charge on any atom is -0.319 e. The molecule has 0 amide bonds. The number of imidazole rings is 1. The maximum Gasteiger partial charge on any atom is 0.169 e. The Labute approximate surface area is 165 Å². The standard InChI is InChI=1S/C18H17ClN4OS2/c1-3-6-23-15-5-4-12(19)7-14(15)22-18(23)26-10-16(24)13(8-20)17-21-11(2)9-25-17/h4-5,7,9,13H,3,6,10H2,1-2H3. The minimum atomic E-state index is -0.820. The van der Waals surface area contributed by atoms with Crippen molar-refractivity contribution in [1.82, 2.24) is 14.5 Å². The zero-order valence-electron chi connectivity index (χ0n) is 14.4. The Morgan fingerprint density at radius 3 is 2.92 bits per heavy atom. The summed E-state index contributed by atoms with van der Waals surface area (Å²) < 4.78 is 2.10. The highest BCUT2D eigenvalue weighted by Gasteiger charge is 2.24. The van der Waals surface area contributed by atoms with Gasteiger partial charge in [-0.3, -0.25) is 4.79 Å². The third-order valence-corrected chi connectivity index (χ3v) is 6.06. The van der Waals surface area contributed by atoms with Crippen molar-refractivity contribution in [1.29, 1.82) is 5.26 Å². The van der Waals surface area contributed by atoms with Gasteiger partial charge in [0.1, 0.15) is 5.01 Å². The van der Waals surface area contributed by atoms with Gasteiger partial charge in [-0.15, -0.1) is 11.3 Å². The van der Waals surface area contributed by atoms with Gasteiger partial charge in [-0.05, 0) is 31.5 Å². The van der Waals surface area contributed by atoms with Crippen LogP contribution in [-0.4, -0.2) is 26.1 Å². The number of Topliss-reactive ketones (excluding diaryl/α,β-unsaturated/α-hetero) is 1. The number of nitriles is 1. The normalized spacial score (nSPS) is 12.2. The molecule has 5 nitrogen and oxygen atoms in total. The van der Waals surface area contributed by atoms with Crippen LogP contribution in [0.15, 0.2) is 28.7 Å². The molecule has 0 aliphatic carbocycles. The van der Waals surface area contributed by atoms with E-state index < -0.39 is 5.92 Å². The minimum absolute atomic E-state index is 0.153. The molecule has 0 aliphatic heterocycles. The van der Waals surface area contributed by atoms with E-state index in [0.717, 1.165) is 34.8 Å². The summed E-state index contributed by atoms with van der Waals surface area (Å²) in [6.07, 6.45) is 0.953. The Balaban J connectivity index is 1.81. The monoisotopic (exact) mass is 404 g/mol. The van der Waals surface area contributed by atoms with Gasteiger partial charge < -0.3 is 4.57 Å². The molecule has 26 heavy (non-hydrogen) atoms. The molecule has 3 aromatic rings. The molecule has 0 aliphatic rings. The van der Waals surface area contributed by atoms with Crippen molar-refractivity contribution >= 4 is 51.5 Å². The Kier molecular flexibility index (Phi) is 5.97. The average molecular weight is 405 g/mol. The summed E-state index contributed by atoms with van der Waals surface area (Å²) >= 11 is 8.77. The Hall–Kier alpha value is -1.88. The molecule has 2 heterocycles. The molecule has 0 bridgehead atoms. The van der Waals surface area contributed by atoms with Crippen molar-refractivity contribution in [2.45, 2.75) is 37.9 Å². The highest BCUT2D eigenvalue weighted by atomic mass is 35.5. The second kappa shape index (κ2) is 8.21. The average Bonchev–Trinajstić information content (AvgIpc) is 3.18. The van der Waals surface area contributed by atoms with Crippen LogP contribution in [0.3, 0.4) is 0 Å². The van der Waals surface area contributed by atoms with Crippen LogP contribution in [0, 0.1) is 18.3 Å². The lowest BCUT2D eigenvalue weighted by Crippen LogP contribution is -2.13. The second-order valence-electron chi connectivity index (χ2n) is 5.82. The summed E-state index contributed by atoms with van der Waals surface area (Å²) in [6, 6.07) is 7.69. The number of carbonyl (C=O) groups excluding carboxylic acids is 1. The molecule has 0 fully saturated rings. The number of ketones is 1. The molecule has 0 saturated carbocycles. The second-order valence-corrected chi connectivity index (χ2v) is 8.09. The first-order chi connectivity index (χ1) is 12.5. The lowest BCUT2D eigenvalue weighted by Gasteiger charge is -2.08. The van der Waals surface area contributed by atoms with Crippen LogP contribution < -0.4 is 0 Å². The van der Waals surface area contributed by atoms with Gasteiger partial charge in [-0.1, -0.05) is 30.3 Å². The Bertz CT molecular complexity index is 989. The highest BCUT2D eigenvalue weighted by molar-refractivity contribution is 7.99. The van der Waals surface area contributed by atoms with Crippen molar-refractivity contribution in [3.8, 4) is 6.07 Å². The number of fused-ring (bicyclic) bond motifs is 1. The van der Waals surface area contributed by atoms with E-state index in [1.807, 2.05) is 30.5 Å². The fraction of sp³-hybridized carbons (Fsp3) is 0.333. The maximum absolute atomic E-state index is 12.6. The van der Waals surface area contributed by atoms with Crippen molar-refractivity contribution in [3.63, 3.8) is 0 Å². The van der Waals surface area contributed by atoms with Crippen molar-refractivity contribution in [2.24, 2.45) is 0 Å². The van der Waals surface area contributed by atoms with Gasteiger partial charge in [0.25, 0.3) is 0 Å². The number of rotatable bonds is 7. The van der Waals surface area contributed by atoms with Gasteiger partial charge in [-0.25, -0.2) is 9.97 Å². The summed E-state index contributed by atoms with van der Waals surface area (Å²) in [4.78, 5) is 21.5. The Morgan fingerprint density at radius 1 is 1.46 bits per heavy atom. The molecule has 0 N–H and O–H groups in total. The third kappa shape index (κ3) is 3.93. The molecule has 0 spiro atoms. The van der Waals surface area contributed by atoms with E-state index in [-0.39, 0.29) is 11.5 Å². The fourth-order valence-corrected chi connectivity index (χ4v) is 4.59. The number of hydrogen-bond donors (Lipinski definition) is 0. The fourth-order valence-electron chi connectivity index (χ4n) is 2.62. The summed E-state index contributed by atoms with van der Waals surface area (Å²) in [7, 11) is 0. The summed E-state index contributed by atoms with van der Waals surface area (Å²) in [5.74, 6) is -0.794. The number of hydrogen-bond acceptors (Lipinski definition) is 6. The topological polar surface area (TPSA) is 71.6 Å². The lowest BCUT2D eigenvalue weighted by atomic mass is 10.1. The van der Waals surface area contributed by atoms with E-state index in [1.54, 1.807) is 0 Å². The number of nitrogens with zero attached hydrogens (tertiary/aromatic N) is 4. The molecular formula is C18H17ClN4OS2. The van der Waals surface area contributed by atoms with Crippen molar-refractivity contribution < 1.29 is 4.79 Å². The predicted molar refractivity (Wildman–Crippen MR) is 106 cm³/mol. The van der Waals surface area contributed by atoms with Gasteiger partial charge >= 0.3 is 0 Å². The van der Waals surface area contributed by atoms with Gasteiger partial charge in [0.15, 0.2) is 16.9 Å². The first-order valence-electron chi connectivity index (χ1n) is 8.16. The molecule has 0 saturated heterocycles. The van der Waals surface area contributed by atoms with Crippen LogP contribution in [0.4, 0.5) is 0 Å². The van der Waals surface area contributed by atoms with E-state index in [1.165, 1.54) is 23.1 Å². The van der Waals surface area contributed by atoms with Crippen LogP contribution >= 0.6 is 34.7 Å². The Morgan fingerprint density at radius 2 is 2.27 bits per heavy atom. The number of carbonyl (C=O) groups is 1. The first kappa shape index (κ1) is 18.9. The van der Waals surface area contributed by atoms with Crippen LogP contribution in [0.2, 0.25) is 5.02 Å². The van der Waals surface area contributed by atoms with Gasteiger partial charge in [0.05, 0.1) is 22.9 Å². The van der Waals surface area contributed by atoms with Crippen molar-refractivity contribution in [3.05, 3.63) is 39.3 Å². The third-order valence-electron chi connectivity index (χ3n) is 3.80. The quantitative estimate of drug-likeness (QED) is 0.527. The van der Waals surface area contributed by atoms with Crippen LogP contribution in [0.25, 0.3) is 11.0 Å². The molecule has 134 valence electrons. The zero-order chi connectivity index (χ0) is 18.7. The first-order valence-corrected chi connectivity index (χ1v) is 10.4. The van der Waals surface area contributed by atoms with Gasteiger partial charge in [0.2, 0.25) is 0 Å². The van der Waals surface area contributed by atoms with E-state index in [9.17, 15) is 10.1 Å². The molecular weight excluding hydrogens is 388 g/mol. The van der Waals surface area contributed by atoms with Crippen LogP contribution in [-0.2, 0) is 11.3 Å². The number of benzene rings is 1. The van der Waals surface area contributed by atoms with Gasteiger partial charge in [0, 0.05) is 22.6 Å². The molecule has 3 rings (SSSR count). The molecule has 1 aromatic carbocycles. The maximum atomic E-state index is 12.6. The number of aromatic nitrogens is 3. The number of thioether (sulfide) groups is 1. The van der Waals surface area contributed by atoms with Crippen LogP contribution in [0.5, 0.6) is 0 Å². The molecule has 8 heteroatoms. The predicted octanol–water partition coefficient (Wildman–Crippen LogP) is 4.83. The number of aryl methyl sites for hydroxylation is 2. The van der Waals surface area contributed by atoms with E-state index in [4.69, 9.17) is 11.6 Å². The molecule has 1 unspecified atom stereocenters. The highest BCUT2D eigenvalue weighted by Crippen LogP contribution is 2.28. The SMILES string of the molecule is CCCn1c(SCC(=O)C(C#N)c2nc(C)cs2)nc2cc(Cl)ccc21. The van der Waals surface area contributed by atoms with E-state index >= 15 is 0 Å². The number of thiazole rings is 1. The zero-order valence-corrected chi connectivity index (χ0v) is 16.8. The van der Waals surface area contributed by atoms with Gasteiger partial charge in [-0.2, -0.15) is 5.26 Å². The van der Waals surface area contributed by atoms with E-state index in [2.05, 4.69) is 27.5 Å². The summed E-state index contributed by atoms with van der Waals surface area (Å²) in [6.45, 7) is 4.76. The molecule has 1 atom stereocenters. The summed E-state index contributed by atoms with van der Waals surface area (Å²) in [5.41, 5.74) is 2.64.